The molecule has 218 valence electrons. The maximum absolute atomic E-state index is 13.9. The zero-order valence-corrected chi connectivity index (χ0v) is 22.3. The Bertz CT molecular complexity index is 959. The van der Waals surface area contributed by atoms with Gasteiger partial charge in [-0.3, -0.25) is 4.79 Å². The van der Waals surface area contributed by atoms with E-state index in [1.165, 1.54) is 31.9 Å². The molecule has 3 rings (SSSR count). The second kappa shape index (κ2) is 12.1. The highest BCUT2D eigenvalue weighted by Gasteiger charge is 2.41. The van der Waals surface area contributed by atoms with Crippen LogP contribution in [0.15, 0.2) is 17.0 Å². The van der Waals surface area contributed by atoms with Crippen LogP contribution in [0.1, 0.15) is 58.4 Å². The van der Waals surface area contributed by atoms with Crippen molar-refractivity contribution in [1.29, 1.82) is 0 Å². The molecule has 1 fully saturated rings. The SMILES string of the molecule is CCC(F)(F)F.CN1CCN(C2CCC(F)(F)CC2)c2cc(C(F)(F)F)c(OCC(C)(C)C(=O)O)cc2S1. The Labute approximate surface area is 220 Å². The number of benzene rings is 1. The number of likely N-dealkylation sites (N-methyl/N-ethyl adjacent to an activating group) is 1. The average molecular weight is 581 g/mol. The number of carbonyl (C=O) groups is 1. The van der Waals surface area contributed by atoms with Gasteiger partial charge in [0.05, 0.1) is 21.6 Å². The minimum Gasteiger partial charge on any atom is -0.492 e. The fourth-order valence-electron chi connectivity index (χ4n) is 3.81. The van der Waals surface area contributed by atoms with Gasteiger partial charge in [0, 0.05) is 38.4 Å². The van der Waals surface area contributed by atoms with Gasteiger partial charge in [-0.2, -0.15) is 26.3 Å². The molecule has 0 atom stereocenters. The summed E-state index contributed by atoms with van der Waals surface area (Å²) in [5.41, 5.74) is -2.04. The van der Waals surface area contributed by atoms with Crippen LogP contribution in [0.2, 0.25) is 0 Å². The van der Waals surface area contributed by atoms with Crippen LogP contribution >= 0.6 is 11.9 Å². The number of ether oxygens (including phenoxy) is 1. The Balaban J connectivity index is 0.000000757. The van der Waals surface area contributed by atoms with Crippen LogP contribution in [0, 0.1) is 5.41 Å². The molecule has 1 heterocycles. The van der Waals surface area contributed by atoms with Gasteiger partial charge < -0.3 is 14.7 Å². The lowest BCUT2D eigenvalue weighted by Crippen LogP contribution is -2.43. The summed E-state index contributed by atoms with van der Waals surface area (Å²) in [7, 11) is 1.80. The number of fused-ring (bicyclic) bond motifs is 1. The highest BCUT2D eigenvalue weighted by Crippen LogP contribution is 2.47. The Hall–Kier alpha value is -1.96. The third-order valence-corrected chi connectivity index (χ3v) is 7.30. The summed E-state index contributed by atoms with van der Waals surface area (Å²) in [5, 5.41) is 9.26. The van der Waals surface area contributed by atoms with Gasteiger partial charge in [-0.1, -0.05) is 6.92 Å². The van der Waals surface area contributed by atoms with Crippen LogP contribution in [0.3, 0.4) is 0 Å². The predicted molar refractivity (Wildman–Crippen MR) is 128 cm³/mol. The van der Waals surface area contributed by atoms with Crippen molar-refractivity contribution in [2.75, 3.05) is 31.6 Å². The first-order valence-corrected chi connectivity index (χ1v) is 12.7. The summed E-state index contributed by atoms with van der Waals surface area (Å²) in [4.78, 5) is 13.7. The molecule has 1 aromatic rings. The lowest BCUT2D eigenvalue weighted by atomic mass is 9.90. The van der Waals surface area contributed by atoms with Gasteiger partial charge in [0.15, 0.2) is 0 Å². The molecule has 5 nitrogen and oxygen atoms in total. The van der Waals surface area contributed by atoms with Crippen LogP contribution in [0.4, 0.5) is 40.8 Å². The van der Waals surface area contributed by atoms with Crippen LogP contribution in [0.25, 0.3) is 0 Å². The molecule has 0 aromatic heterocycles. The number of carboxylic acids is 1. The summed E-state index contributed by atoms with van der Waals surface area (Å²) in [6.07, 6.45) is -9.59. The third kappa shape index (κ3) is 9.06. The van der Waals surface area contributed by atoms with Crippen molar-refractivity contribution in [2.45, 2.75) is 82.1 Å². The maximum Gasteiger partial charge on any atom is 0.420 e. The summed E-state index contributed by atoms with van der Waals surface area (Å²) in [6.45, 7) is 4.34. The minimum atomic E-state index is -4.73. The van der Waals surface area contributed by atoms with Gasteiger partial charge in [-0.15, -0.1) is 0 Å². The number of nitrogens with zero attached hydrogens (tertiary/aromatic N) is 2. The second-order valence-electron chi connectivity index (χ2n) is 9.98. The van der Waals surface area contributed by atoms with E-state index in [2.05, 4.69) is 0 Å². The number of carboxylic acid groups (broad SMARTS) is 1. The van der Waals surface area contributed by atoms with Crippen molar-refractivity contribution >= 4 is 23.6 Å². The van der Waals surface area contributed by atoms with E-state index in [1.807, 2.05) is 4.31 Å². The van der Waals surface area contributed by atoms with Crippen LogP contribution in [-0.4, -0.2) is 60.3 Å². The Morgan fingerprint density at radius 3 is 2.13 bits per heavy atom. The molecule has 2 aliphatic rings. The minimum absolute atomic E-state index is 0.202. The number of halogens is 8. The van der Waals surface area contributed by atoms with Crippen molar-refractivity contribution in [3.63, 3.8) is 0 Å². The summed E-state index contributed by atoms with van der Waals surface area (Å²) < 4.78 is 109. The number of hydrogen-bond acceptors (Lipinski definition) is 5. The zero-order chi connectivity index (χ0) is 29.1. The maximum atomic E-state index is 13.9. The molecule has 1 aromatic carbocycles. The van der Waals surface area contributed by atoms with E-state index in [1.54, 1.807) is 11.9 Å². The van der Waals surface area contributed by atoms with Crippen molar-refractivity contribution in [3.8, 4) is 5.75 Å². The number of rotatable bonds is 5. The first-order chi connectivity index (χ1) is 17.3. The molecule has 1 aliphatic heterocycles. The topological polar surface area (TPSA) is 53.0 Å². The Morgan fingerprint density at radius 2 is 1.66 bits per heavy atom. The molecule has 0 radical (unpaired) electrons. The fourth-order valence-corrected chi connectivity index (χ4v) is 4.74. The van der Waals surface area contributed by atoms with Gasteiger partial charge in [-0.25, -0.2) is 13.1 Å². The molecule has 0 unspecified atom stereocenters. The quantitative estimate of drug-likeness (QED) is 0.288. The zero-order valence-electron chi connectivity index (χ0n) is 21.5. The summed E-state index contributed by atoms with van der Waals surface area (Å²) >= 11 is 1.25. The highest BCUT2D eigenvalue weighted by molar-refractivity contribution is 7.97. The second-order valence-corrected chi connectivity index (χ2v) is 11.2. The van der Waals surface area contributed by atoms with Crippen molar-refractivity contribution in [1.82, 2.24) is 4.31 Å². The molecule has 0 amide bonds. The van der Waals surface area contributed by atoms with Crippen molar-refractivity contribution in [3.05, 3.63) is 17.7 Å². The Morgan fingerprint density at radius 1 is 1.11 bits per heavy atom. The molecule has 38 heavy (non-hydrogen) atoms. The predicted octanol–water partition coefficient (Wildman–Crippen LogP) is 7.49. The molecule has 1 N–H and O–H groups in total. The summed E-state index contributed by atoms with van der Waals surface area (Å²) in [5.74, 6) is -4.36. The molecule has 1 saturated carbocycles. The van der Waals surface area contributed by atoms with Gasteiger partial charge in [0.1, 0.15) is 12.4 Å². The van der Waals surface area contributed by atoms with E-state index in [0.717, 1.165) is 13.0 Å². The molecular formula is C24H32F8N2O3S. The smallest absolute Gasteiger partial charge is 0.420 e. The van der Waals surface area contributed by atoms with Crippen LogP contribution in [-0.2, 0) is 11.0 Å². The van der Waals surface area contributed by atoms with Gasteiger partial charge in [0.25, 0.3) is 0 Å². The molecule has 0 bridgehead atoms. The first kappa shape index (κ1) is 32.3. The lowest BCUT2D eigenvalue weighted by molar-refractivity contribution is -0.148. The van der Waals surface area contributed by atoms with E-state index >= 15 is 0 Å². The van der Waals surface area contributed by atoms with Crippen molar-refractivity contribution < 1.29 is 49.8 Å². The molecule has 1 aliphatic carbocycles. The first-order valence-electron chi connectivity index (χ1n) is 12.0. The van der Waals surface area contributed by atoms with E-state index in [0.29, 0.717) is 23.7 Å². The highest BCUT2D eigenvalue weighted by atomic mass is 32.2. The molecular weight excluding hydrogens is 548 g/mol. The van der Waals surface area contributed by atoms with E-state index in [4.69, 9.17) is 4.74 Å². The number of anilines is 1. The van der Waals surface area contributed by atoms with Crippen LogP contribution < -0.4 is 9.64 Å². The molecule has 0 saturated heterocycles. The van der Waals surface area contributed by atoms with E-state index in [9.17, 15) is 45.0 Å². The largest absolute Gasteiger partial charge is 0.492 e. The van der Waals surface area contributed by atoms with Gasteiger partial charge in [0.2, 0.25) is 5.92 Å². The van der Waals surface area contributed by atoms with Gasteiger partial charge in [-0.05, 0) is 57.8 Å². The number of hydrogen-bond donors (Lipinski definition) is 1. The van der Waals surface area contributed by atoms with Crippen molar-refractivity contribution in [2.24, 2.45) is 5.41 Å². The van der Waals surface area contributed by atoms with E-state index in [-0.39, 0.29) is 31.7 Å². The normalized spacial score (nSPS) is 19.2. The molecule has 0 spiro atoms. The third-order valence-electron chi connectivity index (χ3n) is 6.28. The molecule has 14 heteroatoms. The summed E-state index contributed by atoms with van der Waals surface area (Å²) in [6, 6.07) is 2.02. The lowest BCUT2D eigenvalue weighted by Gasteiger charge is -2.38. The standard InChI is InChI=1S/C21H27F5N2O3S.C3H5F3/c1-19(2,18(29)30)12-31-16-11-17-15(10-14(16)21(24,25)26)28(9-8-27(3)32-17)13-4-6-20(22,23)7-5-13;1-2-3(4,5)6/h10-11,13H,4-9,12H2,1-3H3,(H,29,30);2H2,1H3. The number of aliphatic carboxylic acids is 1. The van der Waals surface area contributed by atoms with E-state index < -0.39 is 54.0 Å². The monoisotopic (exact) mass is 580 g/mol. The van der Waals surface area contributed by atoms with Gasteiger partial charge >= 0.3 is 18.3 Å². The number of alkyl halides is 8. The Kier molecular flexibility index (Phi) is 10.2. The average Bonchev–Trinajstić information content (AvgIpc) is 2.94. The van der Waals surface area contributed by atoms with Crippen LogP contribution in [0.5, 0.6) is 5.75 Å². The fraction of sp³-hybridized carbons (Fsp3) is 0.708.